The second-order valence-corrected chi connectivity index (χ2v) is 51.0. The van der Waals surface area contributed by atoms with E-state index >= 15 is 4.39 Å². The van der Waals surface area contributed by atoms with Crippen LogP contribution in [0.15, 0.2) is 97.6 Å². The van der Waals surface area contributed by atoms with Crippen LogP contribution in [0.1, 0.15) is 208 Å². The Morgan fingerprint density at radius 3 is 1.01 bits per heavy atom. The molecule has 144 heavy (non-hydrogen) atoms. The average Bonchev–Trinajstić information content (AvgIpc) is 1.08. The molecule has 8 aromatic heterocycles. The van der Waals surface area contributed by atoms with E-state index in [1.807, 2.05) is 84.0 Å². The summed E-state index contributed by atoms with van der Waals surface area (Å²) in [5.74, 6) is 10.3. The van der Waals surface area contributed by atoms with E-state index in [1.54, 1.807) is 18.5 Å². The molecule has 9 N–H and O–H groups in total. The number of hydrogen-bond acceptors (Lipinski definition) is 29. The number of hydrogen-bond donors (Lipinski definition) is 9. The molecular formula is C100H122Cl6FN25O8S4. The predicted molar refractivity (Wildman–Crippen MR) is 568 cm³/mol. The van der Waals surface area contributed by atoms with E-state index in [0.717, 1.165) is 196 Å². The Labute approximate surface area is 870 Å². The van der Waals surface area contributed by atoms with Crippen LogP contribution < -0.4 is 26.6 Å². The third-order valence-corrected chi connectivity index (χ3v) is 37.7. The normalized spacial score (nSPS) is 19.8. The molecule has 8 aliphatic heterocycles. The number of likely N-dealkylation sites (tertiary alicyclic amines) is 4. The summed E-state index contributed by atoms with van der Waals surface area (Å²) in [6, 6.07) is 24.8. The van der Waals surface area contributed by atoms with Crippen molar-refractivity contribution >= 4 is 167 Å². The van der Waals surface area contributed by atoms with E-state index in [4.69, 9.17) is 69.6 Å². The van der Waals surface area contributed by atoms with Gasteiger partial charge in [0.2, 0.25) is 5.95 Å². The molecule has 12 aromatic rings. The van der Waals surface area contributed by atoms with Crippen molar-refractivity contribution in [2.45, 2.75) is 206 Å². The number of aromatic nitrogens is 16. The highest BCUT2D eigenvalue weighted by atomic mass is 35.5. The van der Waals surface area contributed by atoms with E-state index < -0.39 is 39.3 Å². The molecule has 8 saturated heterocycles. The SMILES string of the molecule is Cc1cc(Nc2nc(Cc3cc(C)c(C4CCN(C5CCS(=O)(=O)C5)CC4)cc3F)ncc2Cl)n[nH]1.Cc1cc(Nc2nc(Cc3cc(C)c(C4CCN(C5CCS(=O)(=O)CC5)CC4)cc3C)ncc2Cl)n[nH]1.Cc1cc(Nc2nc(Cc3cc(Cl)c(C4CCN(C5CCS(=O)(=O)C5)CC4)cc3C)ncc2Cl)n[nH]1.Cc1cc(Nc2nc(Nc3cc(Cl)c(C4CCN(C5CS(=O)(=O)C5)CC4)cc3C)ncc2Cl)n[nH]1. The summed E-state index contributed by atoms with van der Waals surface area (Å²) in [5.41, 5.74) is 17.9. The monoisotopic (exact) mass is 2160 g/mol. The van der Waals surface area contributed by atoms with Crippen LogP contribution in [0.25, 0.3) is 0 Å². The van der Waals surface area contributed by atoms with Gasteiger partial charge in [-0.25, -0.2) is 72.9 Å². The molecule has 0 spiro atoms. The molecule has 2 atom stereocenters. The van der Waals surface area contributed by atoms with E-state index in [9.17, 15) is 33.7 Å². The number of H-pyrrole nitrogens is 4. The van der Waals surface area contributed by atoms with Gasteiger partial charge < -0.3 is 31.5 Å². The van der Waals surface area contributed by atoms with Gasteiger partial charge in [0, 0.05) is 106 Å². The van der Waals surface area contributed by atoms with Gasteiger partial charge in [0.15, 0.2) is 76.1 Å². The molecule has 0 amide bonds. The Bertz CT molecular complexity index is 6920. The van der Waals surface area contributed by atoms with Crippen LogP contribution in [0, 0.1) is 68.1 Å². The third kappa shape index (κ3) is 27.1. The van der Waals surface area contributed by atoms with Crippen LogP contribution in [-0.2, 0) is 58.6 Å². The first-order valence-corrected chi connectivity index (χ1v) is 58.5. The Morgan fingerprint density at radius 2 is 0.625 bits per heavy atom. The number of piperidine rings is 4. The fourth-order valence-electron chi connectivity index (χ4n) is 21.0. The summed E-state index contributed by atoms with van der Waals surface area (Å²) in [4.78, 5) is 45.2. The summed E-state index contributed by atoms with van der Waals surface area (Å²) in [6.07, 6.45) is 18.6. The number of aryl methyl sites for hydroxylation is 9. The van der Waals surface area contributed by atoms with Crippen LogP contribution in [0.3, 0.4) is 0 Å². The molecule has 8 aliphatic rings. The lowest BCUT2D eigenvalue weighted by atomic mass is 9.84. The molecule has 20 rings (SSSR count). The van der Waals surface area contributed by atoms with Crippen molar-refractivity contribution in [2.24, 2.45) is 0 Å². The fraction of sp³-hybridized carbons (Fsp3) is 0.480. The molecule has 16 heterocycles. The van der Waals surface area contributed by atoms with Crippen LogP contribution in [-0.4, -0.2) is 256 Å². The molecule has 0 saturated carbocycles. The highest BCUT2D eigenvalue weighted by Crippen LogP contribution is 2.43. The van der Waals surface area contributed by atoms with Crippen molar-refractivity contribution in [3.63, 3.8) is 0 Å². The summed E-state index contributed by atoms with van der Waals surface area (Å²) in [7, 11) is -11.4. The summed E-state index contributed by atoms with van der Waals surface area (Å²) in [6.45, 7) is 25.5. The van der Waals surface area contributed by atoms with Crippen LogP contribution in [0.2, 0.25) is 30.1 Å². The fourth-order valence-corrected chi connectivity index (χ4v) is 28.7. The smallest absolute Gasteiger partial charge is 0.229 e. The van der Waals surface area contributed by atoms with E-state index in [2.05, 4.69) is 172 Å². The Balaban J connectivity index is 0.000000132. The number of halogens is 7. The molecule has 0 radical (unpaired) electrons. The summed E-state index contributed by atoms with van der Waals surface area (Å²) >= 11 is 38.7. The van der Waals surface area contributed by atoms with Gasteiger partial charge in [-0.1, -0.05) is 99.9 Å². The Hall–Kier alpha value is -9.65. The summed E-state index contributed by atoms with van der Waals surface area (Å²) in [5, 5.41) is 47.0. The first kappa shape index (κ1) is 106. The first-order valence-electron chi connectivity index (χ1n) is 48.9. The molecule has 33 nitrogen and oxygen atoms in total. The van der Waals surface area contributed by atoms with Gasteiger partial charge in [-0.05, 0) is 300 Å². The molecule has 0 aliphatic carbocycles. The number of anilines is 10. The number of sulfone groups is 4. The Kier molecular flexibility index (Phi) is 33.5. The zero-order chi connectivity index (χ0) is 102. The molecular weight excluding hydrogens is 2040 g/mol. The van der Waals surface area contributed by atoms with E-state index in [-0.39, 0.29) is 42.0 Å². The van der Waals surface area contributed by atoms with Crippen molar-refractivity contribution < 1.29 is 38.1 Å². The van der Waals surface area contributed by atoms with Crippen molar-refractivity contribution in [3.8, 4) is 0 Å². The van der Waals surface area contributed by atoms with Gasteiger partial charge in [-0.15, -0.1) is 0 Å². The quantitative estimate of drug-likeness (QED) is 0.0271. The lowest BCUT2D eigenvalue weighted by molar-refractivity contribution is 0.142. The third-order valence-electron chi connectivity index (χ3n) is 29.0. The van der Waals surface area contributed by atoms with Crippen molar-refractivity contribution in [1.29, 1.82) is 0 Å². The van der Waals surface area contributed by atoms with Gasteiger partial charge in [-0.3, -0.25) is 35.1 Å². The van der Waals surface area contributed by atoms with Gasteiger partial charge in [0.1, 0.15) is 53.2 Å². The zero-order valence-electron chi connectivity index (χ0n) is 82.0. The minimum absolute atomic E-state index is 0.131. The number of rotatable bonds is 24. The average molecular weight is 2160 g/mol. The number of nitrogens with zero attached hydrogens (tertiary/aromatic N) is 16. The zero-order valence-corrected chi connectivity index (χ0v) is 89.8. The second kappa shape index (κ2) is 45.6. The lowest BCUT2D eigenvalue weighted by Crippen LogP contribution is -2.55. The van der Waals surface area contributed by atoms with Crippen molar-refractivity contribution in [2.75, 3.05) is 125 Å². The maximum Gasteiger partial charge on any atom is 0.229 e. The number of nitrogens with one attached hydrogen (secondary N) is 9. The Morgan fingerprint density at radius 1 is 0.312 bits per heavy atom. The van der Waals surface area contributed by atoms with Crippen LogP contribution >= 0.6 is 69.6 Å². The van der Waals surface area contributed by atoms with Crippen molar-refractivity contribution in [3.05, 3.63) is 241 Å². The summed E-state index contributed by atoms with van der Waals surface area (Å²) < 4.78 is 109. The maximum atomic E-state index is 15.2. The molecule has 0 bridgehead atoms. The second-order valence-electron chi connectivity index (χ2n) is 39.6. The lowest BCUT2D eigenvalue weighted by Gasteiger charge is -2.41. The largest absolute Gasteiger partial charge is 0.324 e. The van der Waals surface area contributed by atoms with Gasteiger partial charge in [0.05, 0.1) is 70.8 Å². The van der Waals surface area contributed by atoms with E-state index in [1.165, 1.54) is 40.2 Å². The standard InChI is InChI=1S/C27H35ClN6O2S.C25H30Cl2N6O2S.C25H30ClFN6O2S.C23H27Cl2N7O2S/c1-17-13-23(20-4-8-34(9-5-20)22-6-10-37(35,36)11-7-22)18(2)12-21(17)15-25-29-16-24(28)27(30-25)31-26-14-19(3)32-33-26;1-15-9-20(17-3-6-33(7-4-17)19-5-8-36(34,35)14-19)21(26)11-18(15)12-23-28-13-22(27)25(29-23)30-24-10-16(2)31-32-24;1-15-9-18(11-23-28-13-21(26)25(29-23)30-24-10-16(2)31-32-24)22(27)12-20(15)17-3-6-33(7-4-17)19-5-8-36(34,35)14-19;1-13-7-17(15-3-5-32(6-4-15)16-11-35(33,34)12-16)18(24)9-20(13)27-23-26-10-19(25)22(29-23)28-21-8-14(2)30-31-21/h12-14,16,20,22H,4-11,15H2,1-3H3,(H2,29,30,31,32,33);9-11,13,17,19H,3-8,12,14H2,1-2H3,(H2,28,29,30,31,32);9-10,12-13,17,19H,3-8,11,14H2,1-2H3,(H2,28,29,30,31,32);7-10,15-16H,3-6,11-12H2,1-2H3,(H3,26,27,28,29,30,31). The van der Waals surface area contributed by atoms with Gasteiger partial charge in [0.25, 0.3) is 0 Å². The predicted octanol–water partition coefficient (Wildman–Crippen LogP) is 18.6. The topological polar surface area (TPSA) is 428 Å². The number of benzene rings is 4. The molecule has 768 valence electrons. The first-order chi connectivity index (χ1) is 68.7. The van der Waals surface area contributed by atoms with Gasteiger partial charge in [-0.2, -0.15) is 25.4 Å². The van der Waals surface area contributed by atoms with Gasteiger partial charge >= 0.3 is 0 Å². The molecule has 44 heteroatoms. The minimum atomic E-state index is -2.89. The molecule has 4 aromatic carbocycles. The highest BCUT2D eigenvalue weighted by molar-refractivity contribution is 7.93. The van der Waals surface area contributed by atoms with Crippen molar-refractivity contribution in [1.82, 2.24) is 100 Å². The highest BCUT2D eigenvalue weighted by Gasteiger charge is 2.41. The van der Waals surface area contributed by atoms with E-state index in [0.29, 0.717) is 178 Å². The van der Waals surface area contributed by atoms with Crippen LogP contribution in [0.4, 0.5) is 62.6 Å². The molecule has 8 fully saturated rings. The maximum absolute atomic E-state index is 15.2. The number of aromatic amines is 4. The van der Waals surface area contributed by atoms with Crippen LogP contribution in [0.5, 0.6) is 0 Å². The minimum Gasteiger partial charge on any atom is -0.324 e. The molecule has 2 unspecified atom stereocenters.